The number of terminal acetylenes is 1. The Morgan fingerprint density at radius 3 is 2.35 bits per heavy atom. The lowest BCUT2D eigenvalue weighted by molar-refractivity contribution is -0.170. The second-order valence-electron chi connectivity index (χ2n) is 15.7. The summed E-state index contributed by atoms with van der Waals surface area (Å²) in [6.45, 7) is 7.43. The van der Waals surface area contributed by atoms with Crippen molar-refractivity contribution in [3.63, 3.8) is 0 Å². The first-order chi connectivity index (χ1) is 27.3. The number of ether oxygens (including phenoxy) is 4. The summed E-state index contributed by atoms with van der Waals surface area (Å²) in [6, 6.07) is 4.07. The Balaban J connectivity index is 1.24. The fraction of sp³-hybridized carbons (Fsp3) is 0.476. The molecule has 4 aliphatic heterocycles. The van der Waals surface area contributed by atoms with Crippen LogP contribution in [0.15, 0.2) is 24.3 Å². The summed E-state index contributed by atoms with van der Waals surface area (Å²) in [4.78, 5) is 40.8. The van der Waals surface area contributed by atoms with E-state index in [4.69, 9.17) is 30.4 Å². The second-order valence-corrected chi connectivity index (χ2v) is 15.7. The summed E-state index contributed by atoms with van der Waals surface area (Å²) in [6.07, 6.45) is 9.11. The number of methoxy groups -OCH3 is 1. The molecule has 4 saturated heterocycles. The van der Waals surface area contributed by atoms with Gasteiger partial charge in [0.15, 0.2) is 17.4 Å². The molecule has 4 aliphatic rings. The van der Waals surface area contributed by atoms with Crippen LogP contribution in [0.1, 0.15) is 64.9 Å². The summed E-state index contributed by atoms with van der Waals surface area (Å²) in [5, 5.41) is 10.9. The van der Waals surface area contributed by atoms with Crippen LogP contribution in [0.2, 0.25) is 0 Å². The first-order valence-corrected chi connectivity index (χ1v) is 19.3. The van der Waals surface area contributed by atoms with Gasteiger partial charge in [-0.2, -0.15) is 9.97 Å². The van der Waals surface area contributed by atoms with E-state index in [-0.39, 0.29) is 93.4 Å². The van der Waals surface area contributed by atoms with E-state index in [9.17, 15) is 14.7 Å². The summed E-state index contributed by atoms with van der Waals surface area (Å²) in [7, 11) is 1.24. The smallest absolute Gasteiger partial charge is 0.413 e. The van der Waals surface area contributed by atoms with Gasteiger partial charge < -0.3 is 29.0 Å². The Bertz CT molecular complexity index is 2310. The number of esters is 1. The van der Waals surface area contributed by atoms with Crippen LogP contribution in [-0.4, -0.2) is 101 Å². The van der Waals surface area contributed by atoms with Gasteiger partial charge in [-0.05, 0) is 75.2 Å². The molecule has 2 bridgehead atoms. The monoisotopic (exact) mass is 787 g/mol. The maximum absolute atomic E-state index is 17.4. The van der Waals surface area contributed by atoms with Gasteiger partial charge in [0.1, 0.15) is 29.5 Å². The number of piperazine rings is 1. The molecule has 0 aliphatic carbocycles. The number of aromatic hydroxyl groups is 1. The highest BCUT2D eigenvalue weighted by atomic mass is 19.1. The predicted molar refractivity (Wildman–Crippen MR) is 205 cm³/mol. The maximum Gasteiger partial charge on any atom is 0.413 e. The molecule has 4 aromatic rings. The molecule has 15 heteroatoms. The van der Waals surface area contributed by atoms with Crippen molar-refractivity contribution in [3.05, 3.63) is 47.3 Å². The zero-order valence-electron chi connectivity index (χ0n) is 32.2. The molecule has 3 atom stereocenters. The normalized spacial score (nSPS) is 20.5. The fourth-order valence-corrected chi connectivity index (χ4v) is 9.28. The summed E-state index contributed by atoms with van der Waals surface area (Å²) in [5.74, 6) is -2.20. The SMILES string of the molecule is C#Cc1c(F)ccc2cc(O)cc(-c3c(F)c(OC)c4c(N5CC6CCC(C5)N6C(=O)OC(C)OC(=O)C(C)C)nc(OCC56CCCN5CCC6)nc4c3F)c12. The van der Waals surface area contributed by atoms with Crippen molar-refractivity contribution in [1.29, 1.82) is 0 Å². The van der Waals surface area contributed by atoms with E-state index in [1.165, 1.54) is 26.2 Å². The number of anilines is 1. The number of carbonyl (C=O) groups excluding carboxylic acids is 2. The number of carbonyl (C=O) groups is 2. The lowest BCUT2D eigenvalue weighted by Crippen LogP contribution is -2.56. The first kappa shape index (κ1) is 38.4. The van der Waals surface area contributed by atoms with Crippen molar-refractivity contribution >= 4 is 39.6 Å². The molecule has 8 rings (SSSR count). The zero-order chi connectivity index (χ0) is 40.3. The van der Waals surface area contributed by atoms with Crippen molar-refractivity contribution in [2.24, 2.45) is 5.92 Å². The van der Waals surface area contributed by atoms with Gasteiger partial charge in [-0.3, -0.25) is 14.6 Å². The summed E-state index contributed by atoms with van der Waals surface area (Å²) >= 11 is 0. The number of hydrogen-bond acceptors (Lipinski definition) is 11. The highest BCUT2D eigenvalue weighted by Crippen LogP contribution is 2.47. The van der Waals surface area contributed by atoms with Crippen molar-refractivity contribution in [1.82, 2.24) is 19.8 Å². The molecule has 0 spiro atoms. The Kier molecular flexibility index (Phi) is 9.96. The van der Waals surface area contributed by atoms with Gasteiger partial charge in [0, 0.05) is 31.0 Å². The van der Waals surface area contributed by atoms with Crippen LogP contribution in [0.3, 0.4) is 0 Å². The topological polar surface area (TPSA) is 127 Å². The molecule has 1 N–H and O–H groups in total. The molecule has 4 fully saturated rings. The van der Waals surface area contributed by atoms with E-state index >= 15 is 13.2 Å². The first-order valence-electron chi connectivity index (χ1n) is 19.3. The number of amides is 1. The number of benzene rings is 3. The lowest BCUT2D eigenvalue weighted by Gasteiger charge is -2.41. The van der Waals surface area contributed by atoms with Crippen LogP contribution in [0.5, 0.6) is 17.5 Å². The Hall–Kier alpha value is -5.49. The van der Waals surface area contributed by atoms with E-state index < -0.39 is 47.3 Å². The average molecular weight is 788 g/mol. The van der Waals surface area contributed by atoms with Crippen molar-refractivity contribution in [3.8, 4) is 41.0 Å². The highest BCUT2D eigenvalue weighted by molar-refractivity contribution is 6.06. The molecular weight excluding hydrogens is 743 g/mol. The Morgan fingerprint density at radius 2 is 1.70 bits per heavy atom. The van der Waals surface area contributed by atoms with E-state index in [1.807, 2.05) is 4.90 Å². The highest BCUT2D eigenvalue weighted by Gasteiger charge is 2.47. The number of phenolic OH excluding ortho intramolecular Hbond substituents is 1. The minimum Gasteiger partial charge on any atom is -0.508 e. The van der Waals surface area contributed by atoms with Gasteiger partial charge in [0.25, 0.3) is 0 Å². The number of nitrogens with zero attached hydrogens (tertiary/aromatic N) is 5. The molecule has 5 heterocycles. The molecule has 0 radical (unpaired) electrons. The molecule has 1 amide bonds. The van der Waals surface area contributed by atoms with E-state index in [2.05, 4.69) is 15.8 Å². The predicted octanol–water partition coefficient (Wildman–Crippen LogP) is 6.90. The number of rotatable bonds is 9. The molecule has 57 heavy (non-hydrogen) atoms. The number of phenols is 1. The van der Waals surface area contributed by atoms with Crippen LogP contribution in [0.25, 0.3) is 32.8 Å². The van der Waals surface area contributed by atoms with Crippen LogP contribution >= 0.6 is 0 Å². The van der Waals surface area contributed by atoms with Gasteiger partial charge >= 0.3 is 18.1 Å². The van der Waals surface area contributed by atoms with Crippen LogP contribution in [-0.2, 0) is 14.3 Å². The Labute approximate surface area is 327 Å². The second kappa shape index (κ2) is 14.8. The van der Waals surface area contributed by atoms with Gasteiger partial charge in [0.05, 0.1) is 47.2 Å². The summed E-state index contributed by atoms with van der Waals surface area (Å²) in [5.41, 5.74) is -1.58. The van der Waals surface area contributed by atoms with Crippen LogP contribution in [0.4, 0.5) is 23.8 Å². The number of hydrogen-bond donors (Lipinski definition) is 1. The Morgan fingerprint density at radius 1 is 1.00 bits per heavy atom. The third-order valence-corrected chi connectivity index (χ3v) is 11.9. The van der Waals surface area contributed by atoms with Crippen molar-refractivity contribution in [2.45, 2.75) is 83.2 Å². The minimum absolute atomic E-state index is 0.0230. The quantitative estimate of drug-likeness (QED) is 0.108. The molecule has 300 valence electrons. The number of halogens is 3. The van der Waals surface area contributed by atoms with E-state index in [0.29, 0.717) is 12.8 Å². The standard InChI is InChI=1S/C42H44F3N5O7/c1-6-28-30(43)12-9-24-17-27(51)18-29(31(24)28)32-34(44)36-33(37(54-5)35(32)45)38(47-40(46-36)55-21-42-13-7-15-49(42)16-8-14-42)48-19-25-10-11-26(20-48)50(25)41(53)57-23(4)56-39(52)22(2)3/h1,9,12,17-18,22-23,25-26,51H,7-8,10-11,13-16,19-21H2,2-5H3. The minimum atomic E-state index is -1.14. The molecule has 3 unspecified atom stereocenters. The van der Waals surface area contributed by atoms with Crippen LogP contribution in [0, 0.1) is 35.7 Å². The van der Waals surface area contributed by atoms with Gasteiger partial charge in [-0.25, -0.2) is 18.0 Å². The number of fused-ring (bicyclic) bond motifs is 5. The largest absolute Gasteiger partial charge is 0.508 e. The van der Waals surface area contributed by atoms with Crippen molar-refractivity contribution in [2.75, 3.05) is 44.8 Å². The van der Waals surface area contributed by atoms with Gasteiger partial charge in [-0.15, -0.1) is 6.42 Å². The fourth-order valence-electron chi connectivity index (χ4n) is 9.28. The zero-order valence-corrected chi connectivity index (χ0v) is 32.2. The van der Waals surface area contributed by atoms with E-state index in [0.717, 1.165) is 50.9 Å². The third-order valence-electron chi connectivity index (χ3n) is 11.9. The van der Waals surface area contributed by atoms with Gasteiger partial charge in [-0.1, -0.05) is 25.8 Å². The van der Waals surface area contributed by atoms with Crippen LogP contribution < -0.4 is 14.4 Å². The molecule has 0 saturated carbocycles. The third kappa shape index (κ3) is 6.57. The summed E-state index contributed by atoms with van der Waals surface area (Å²) < 4.78 is 72.4. The maximum atomic E-state index is 17.4. The lowest BCUT2D eigenvalue weighted by atomic mass is 9.92. The molecule has 1 aromatic heterocycles. The van der Waals surface area contributed by atoms with Crippen molar-refractivity contribution < 1.29 is 46.8 Å². The number of aromatic nitrogens is 2. The molecular formula is C42H44F3N5O7. The van der Waals surface area contributed by atoms with Gasteiger partial charge in [0.2, 0.25) is 6.29 Å². The molecule has 3 aromatic carbocycles. The average Bonchev–Trinajstić information content (AvgIpc) is 3.84. The molecule has 12 nitrogen and oxygen atoms in total. The van der Waals surface area contributed by atoms with E-state index in [1.54, 1.807) is 18.7 Å².